The summed E-state index contributed by atoms with van der Waals surface area (Å²) in [6.45, 7) is 8.05. The first-order valence-corrected chi connectivity index (χ1v) is 5.34. The molecule has 1 aromatic carbocycles. The third-order valence-corrected chi connectivity index (χ3v) is 2.30. The molecule has 0 aliphatic rings. The minimum absolute atomic E-state index is 0.0944. The summed E-state index contributed by atoms with van der Waals surface area (Å²) in [6.07, 6.45) is 0.476. The molecule has 0 aliphatic carbocycles. The molecular formula is C13H19NO. The van der Waals surface area contributed by atoms with E-state index in [-0.39, 0.29) is 11.9 Å². The molecule has 0 aromatic heterocycles. The maximum absolute atomic E-state index is 11.5. The molecule has 0 aliphatic heterocycles. The van der Waals surface area contributed by atoms with Gasteiger partial charge < -0.3 is 5.32 Å². The Balaban J connectivity index is 2.68. The van der Waals surface area contributed by atoms with Crippen LogP contribution in [0.5, 0.6) is 0 Å². The van der Waals surface area contributed by atoms with Crippen molar-refractivity contribution in [1.29, 1.82) is 0 Å². The Bertz CT molecular complexity index is 356. The van der Waals surface area contributed by atoms with Gasteiger partial charge in [0.1, 0.15) is 0 Å². The normalized spacial score (nSPS) is 10.5. The molecule has 2 heteroatoms. The molecule has 15 heavy (non-hydrogen) atoms. The number of nitrogens with one attached hydrogen (secondary N) is 1. The third-order valence-electron chi connectivity index (χ3n) is 2.30. The Morgan fingerprint density at radius 2 is 2.00 bits per heavy atom. The van der Waals surface area contributed by atoms with E-state index in [9.17, 15) is 4.79 Å². The number of aryl methyl sites for hydroxylation is 2. The van der Waals surface area contributed by atoms with Gasteiger partial charge in [0.25, 0.3) is 0 Å². The van der Waals surface area contributed by atoms with Crippen molar-refractivity contribution in [3.05, 3.63) is 34.9 Å². The molecule has 1 aromatic rings. The largest absolute Gasteiger partial charge is 0.354 e. The molecule has 0 saturated carbocycles. The molecule has 0 unspecified atom stereocenters. The zero-order valence-corrected chi connectivity index (χ0v) is 9.92. The molecule has 0 atom stereocenters. The summed E-state index contributed by atoms with van der Waals surface area (Å²) >= 11 is 0. The standard InChI is InChI=1S/C13H19NO/c1-9(2)14-13(15)8-12-6-5-10(3)7-11(12)4/h5-7,9H,8H2,1-4H3,(H,14,15). The summed E-state index contributed by atoms with van der Waals surface area (Å²) in [6, 6.07) is 6.40. The fourth-order valence-electron chi connectivity index (χ4n) is 1.59. The summed E-state index contributed by atoms with van der Waals surface area (Å²) in [5.41, 5.74) is 3.54. The number of carbonyl (C=O) groups is 1. The molecule has 2 nitrogen and oxygen atoms in total. The van der Waals surface area contributed by atoms with Gasteiger partial charge in [0, 0.05) is 6.04 Å². The number of hydrogen-bond acceptors (Lipinski definition) is 1. The highest BCUT2D eigenvalue weighted by Crippen LogP contribution is 2.11. The van der Waals surface area contributed by atoms with E-state index in [0.717, 1.165) is 5.56 Å². The highest BCUT2D eigenvalue weighted by Gasteiger charge is 2.06. The van der Waals surface area contributed by atoms with Crippen LogP contribution in [0.3, 0.4) is 0 Å². The lowest BCUT2D eigenvalue weighted by Crippen LogP contribution is -2.31. The van der Waals surface area contributed by atoms with Crippen LogP contribution in [-0.2, 0) is 11.2 Å². The molecule has 0 spiro atoms. The zero-order valence-electron chi connectivity index (χ0n) is 9.92. The van der Waals surface area contributed by atoms with Crippen molar-refractivity contribution in [2.24, 2.45) is 0 Å². The van der Waals surface area contributed by atoms with Crippen LogP contribution in [0.2, 0.25) is 0 Å². The fraction of sp³-hybridized carbons (Fsp3) is 0.462. The number of benzene rings is 1. The Morgan fingerprint density at radius 3 is 2.53 bits per heavy atom. The molecule has 1 rings (SSSR count). The molecule has 0 heterocycles. The Morgan fingerprint density at radius 1 is 1.33 bits per heavy atom. The number of hydrogen-bond donors (Lipinski definition) is 1. The maximum Gasteiger partial charge on any atom is 0.224 e. The second kappa shape index (κ2) is 4.96. The number of amides is 1. The average molecular weight is 205 g/mol. The van der Waals surface area contributed by atoms with Crippen molar-refractivity contribution < 1.29 is 4.79 Å². The third kappa shape index (κ3) is 3.74. The van der Waals surface area contributed by atoms with Crippen molar-refractivity contribution in [3.8, 4) is 0 Å². The van der Waals surface area contributed by atoms with Crippen LogP contribution >= 0.6 is 0 Å². The van der Waals surface area contributed by atoms with Crippen molar-refractivity contribution in [3.63, 3.8) is 0 Å². The fourth-order valence-corrected chi connectivity index (χ4v) is 1.59. The SMILES string of the molecule is Cc1ccc(CC(=O)NC(C)C)c(C)c1. The predicted octanol–water partition coefficient (Wildman–Crippen LogP) is 2.37. The van der Waals surface area contributed by atoms with Crippen LogP contribution in [-0.4, -0.2) is 11.9 Å². The van der Waals surface area contributed by atoms with Crippen molar-refractivity contribution in [1.82, 2.24) is 5.32 Å². The van der Waals surface area contributed by atoms with E-state index in [4.69, 9.17) is 0 Å². The molecular weight excluding hydrogens is 186 g/mol. The van der Waals surface area contributed by atoms with E-state index < -0.39 is 0 Å². The second-order valence-electron chi connectivity index (χ2n) is 4.33. The van der Waals surface area contributed by atoms with E-state index in [1.165, 1.54) is 11.1 Å². The Hall–Kier alpha value is -1.31. The number of rotatable bonds is 3. The van der Waals surface area contributed by atoms with Gasteiger partial charge in [-0.2, -0.15) is 0 Å². The summed E-state index contributed by atoms with van der Waals surface area (Å²) < 4.78 is 0. The van der Waals surface area contributed by atoms with Crippen LogP contribution in [0.15, 0.2) is 18.2 Å². The lowest BCUT2D eigenvalue weighted by atomic mass is 10.0. The number of carbonyl (C=O) groups excluding carboxylic acids is 1. The van der Waals surface area contributed by atoms with Gasteiger partial charge in [0.15, 0.2) is 0 Å². The van der Waals surface area contributed by atoms with Crippen LogP contribution in [0, 0.1) is 13.8 Å². The van der Waals surface area contributed by atoms with Gasteiger partial charge >= 0.3 is 0 Å². The molecule has 0 saturated heterocycles. The summed E-state index contributed by atoms with van der Waals surface area (Å²) in [5.74, 6) is 0.0944. The summed E-state index contributed by atoms with van der Waals surface area (Å²) in [7, 11) is 0. The van der Waals surface area contributed by atoms with E-state index in [0.29, 0.717) is 6.42 Å². The Labute approximate surface area is 91.7 Å². The highest BCUT2D eigenvalue weighted by atomic mass is 16.1. The van der Waals surface area contributed by atoms with Crippen molar-refractivity contribution in [2.75, 3.05) is 0 Å². The predicted molar refractivity (Wildman–Crippen MR) is 62.9 cm³/mol. The molecule has 0 bridgehead atoms. The van der Waals surface area contributed by atoms with Gasteiger partial charge in [0.2, 0.25) is 5.91 Å². The first kappa shape index (κ1) is 11.8. The lowest BCUT2D eigenvalue weighted by molar-refractivity contribution is -0.120. The van der Waals surface area contributed by atoms with Gasteiger partial charge in [-0.05, 0) is 38.8 Å². The van der Waals surface area contributed by atoms with Crippen LogP contribution in [0.4, 0.5) is 0 Å². The van der Waals surface area contributed by atoms with Crippen molar-refractivity contribution in [2.45, 2.75) is 40.2 Å². The average Bonchev–Trinajstić information content (AvgIpc) is 2.08. The van der Waals surface area contributed by atoms with E-state index in [1.807, 2.05) is 32.9 Å². The van der Waals surface area contributed by atoms with E-state index in [2.05, 4.69) is 18.3 Å². The van der Waals surface area contributed by atoms with Crippen molar-refractivity contribution >= 4 is 5.91 Å². The quantitative estimate of drug-likeness (QED) is 0.806. The minimum atomic E-state index is 0.0944. The Kier molecular flexibility index (Phi) is 3.89. The molecule has 1 amide bonds. The van der Waals surface area contributed by atoms with Gasteiger partial charge in [-0.1, -0.05) is 23.8 Å². The zero-order chi connectivity index (χ0) is 11.4. The minimum Gasteiger partial charge on any atom is -0.354 e. The highest BCUT2D eigenvalue weighted by molar-refractivity contribution is 5.79. The van der Waals surface area contributed by atoms with Crippen LogP contribution in [0.1, 0.15) is 30.5 Å². The van der Waals surface area contributed by atoms with Crippen LogP contribution in [0.25, 0.3) is 0 Å². The van der Waals surface area contributed by atoms with Crippen LogP contribution < -0.4 is 5.32 Å². The summed E-state index contributed by atoms with van der Waals surface area (Å²) in [4.78, 5) is 11.5. The molecule has 82 valence electrons. The van der Waals surface area contributed by atoms with E-state index in [1.54, 1.807) is 0 Å². The van der Waals surface area contributed by atoms with Gasteiger partial charge in [0.05, 0.1) is 6.42 Å². The molecule has 1 N–H and O–H groups in total. The monoisotopic (exact) mass is 205 g/mol. The lowest BCUT2D eigenvalue weighted by Gasteiger charge is -2.10. The topological polar surface area (TPSA) is 29.1 Å². The molecule has 0 fully saturated rings. The second-order valence-corrected chi connectivity index (χ2v) is 4.33. The van der Waals surface area contributed by atoms with Gasteiger partial charge in [-0.25, -0.2) is 0 Å². The first-order valence-electron chi connectivity index (χ1n) is 5.34. The smallest absolute Gasteiger partial charge is 0.224 e. The maximum atomic E-state index is 11.5. The first-order chi connectivity index (χ1) is 6.99. The molecule has 0 radical (unpaired) electrons. The summed E-state index contributed by atoms with van der Waals surface area (Å²) in [5, 5.41) is 2.89. The van der Waals surface area contributed by atoms with Gasteiger partial charge in [-0.15, -0.1) is 0 Å². The van der Waals surface area contributed by atoms with Gasteiger partial charge in [-0.3, -0.25) is 4.79 Å². The van der Waals surface area contributed by atoms with E-state index >= 15 is 0 Å².